The van der Waals surface area contributed by atoms with Crippen LogP contribution in [0.1, 0.15) is 48.3 Å². The van der Waals surface area contributed by atoms with Gasteiger partial charge in [0.2, 0.25) is 5.91 Å². The third-order valence-corrected chi connectivity index (χ3v) is 6.30. The van der Waals surface area contributed by atoms with Gasteiger partial charge >= 0.3 is 0 Å². The van der Waals surface area contributed by atoms with Crippen molar-refractivity contribution in [3.05, 3.63) is 53.3 Å². The second-order valence-electron chi connectivity index (χ2n) is 7.94. The summed E-state index contributed by atoms with van der Waals surface area (Å²) in [6, 6.07) is 8.81. The minimum absolute atomic E-state index is 0.149. The van der Waals surface area contributed by atoms with E-state index in [2.05, 4.69) is 45.8 Å². The number of benzene rings is 1. The van der Waals surface area contributed by atoms with Gasteiger partial charge in [0.15, 0.2) is 0 Å². The van der Waals surface area contributed by atoms with Crippen LogP contribution in [0.5, 0.6) is 0 Å². The van der Waals surface area contributed by atoms with Gasteiger partial charge in [-0.15, -0.1) is 0 Å². The van der Waals surface area contributed by atoms with Crippen LogP contribution in [0.3, 0.4) is 0 Å². The molecule has 5 nitrogen and oxygen atoms in total. The molecule has 1 aromatic heterocycles. The molecule has 1 saturated heterocycles. The first-order valence-electron chi connectivity index (χ1n) is 9.59. The molecule has 1 atom stereocenters. The third kappa shape index (κ3) is 3.16. The van der Waals surface area contributed by atoms with Gasteiger partial charge in [0.25, 0.3) is 0 Å². The van der Waals surface area contributed by atoms with Crippen LogP contribution in [-0.4, -0.2) is 40.7 Å². The molecule has 5 heteroatoms. The van der Waals surface area contributed by atoms with E-state index in [1.807, 2.05) is 17.9 Å². The lowest BCUT2D eigenvalue weighted by Gasteiger charge is -2.40. The van der Waals surface area contributed by atoms with Gasteiger partial charge in [0.05, 0.1) is 6.20 Å². The second-order valence-corrected chi connectivity index (χ2v) is 7.94. The quantitative estimate of drug-likeness (QED) is 0.920. The van der Waals surface area contributed by atoms with Gasteiger partial charge in [0.1, 0.15) is 0 Å². The summed E-state index contributed by atoms with van der Waals surface area (Å²) in [5, 5.41) is 7.08. The zero-order valence-corrected chi connectivity index (χ0v) is 15.7. The molecule has 2 aliphatic rings. The van der Waals surface area contributed by atoms with Gasteiger partial charge in [-0.05, 0) is 54.8 Å². The summed E-state index contributed by atoms with van der Waals surface area (Å²) in [5.74, 6) is 0.506. The number of amides is 1. The predicted molar refractivity (Wildman–Crippen MR) is 102 cm³/mol. The monoisotopic (exact) mass is 352 g/mol. The van der Waals surface area contributed by atoms with E-state index in [4.69, 9.17) is 0 Å². The number of aryl methyl sites for hydroxylation is 1. The van der Waals surface area contributed by atoms with Gasteiger partial charge in [-0.25, -0.2) is 0 Å². The van der Waals surface area contributed by atoms with Crippen molar-refractivity contribution in [2.24, 2.45) is 7.05 Å². The van der Waals surface area contributed by atoms with Crippen molar-refractivity contribution >= 4 is 5.91 Å². The largest absolute Gasteiger partial charge is 0.359 e. The van der Waals surface area contributed by atoms with Crippen molar-refractivity contribution in [1.29, 1.82) is 0 Å². The first-order valence-corrected chi connectivity index (χ1v) is 9.59. The number of nitrogens with one attached hydrogen (secondary N) is 1. The van der Waals surface area contributed by atoms with Gasteiger partial charge < -0.3 is 5.32 Å². The zero-order chi connectivity index (χ0) is 18.1. The standard InChI is InChI=1S/C21H28N4O/c1-22-20(26)11-17-12-21(19-6-4-3-5-18(17)19)7-9-25(10-8-21)15-16-13-23-24(2)14-16/h3-6,13-14,17H,7-12,15H2,1-2H3,(H,22,26). The molecule has 2 aromatic rings. The molecule has 1 spiro atoms. The van der Waals surface area contributed by atoms with Crippen LogP contribution < -0.4 is 5.32 Å². The Morgan fingerprint density at radius 1 is 1.31 bits per heavy atom. The van der Waals surface area contributed by atoms with Crippen LogP contribution >= 0.6 is 0 Å². The predicted octanol–water partition coefficient (Wildman–Crippen LogP) is 2.58. The summed E-state index contributed by atoms with van der Waals surface area (Å²) in [6.45, 7) is 3.19. The molecule has 0 radical (unpaired) electrons. The van der Waals surface area contributed by atoms with E-state index in [9.17, 15) is 4.79 Å². The molecular weight excluding hydrogens is 324 g/mol. The molecule has 2 heterocycles. The summed E-state index contributed by atoms with van der Waals surface area (Å²) in [4.78, 5) is 14.5. The highest BCUT2D eigenvalue weighted by atomic mass is 16.1. The number of likely N-dealkylation sites (tertiary alicyclic amines) is 1. The summed E-state index contributed by atoms with van der Waals surface area (Å²) in [7, 11) is 3.70. The first-order chi connectivity index (χ1) is 12.6. The van der Waals surface area contributed by atoms with Crippen molar-refractivity contribution in [2.75, 3.05) is 20.1 Å². The molecule has 26 heavy (non-hydrogen) atoms. The van der Waals surface area contributed by atoms with Gasteiger partial charge in [-0.3, -0.25) is 14.4 Å². The number of nitrogens with zero attached hydrogens (tertiary/aromatic N) is 3. The molecule has 1 unspecified atom stereocenters. The highest BCUT2D eigenvalue weighted by Crippen LogP contribution is 2.52. The number of rotatable bonds is 4. The van der Waals surface area contributed by atoms with Crippen molar-refractivity contribution < 1.29 is 4.79 Å². The maximum Gasteiger partial charge on any atom is 0.220 e. The fourth-order valence-corrected chi connectivity index (χ4v) is 4.96. The molecule has 1 aromatic carbocycles. The maximum absolute atomic E-state index is 12.0. The smallest absolute Gasteiger partial charge is 0.220 e. The molecule has 1 N–H and O–H groups in total. The van der Waals surface area contributed by atoms with E-state index in [-0.39, 0.29) is 11.3 Å². The Balaban J connectivity index is 1.48. The van der Waals surface area contributed by atoms with E-state index >= 15 is 0 Å². The Hall–Kier alpha value is -2.14. The minimum Gasteiger partial charge on any atom is -0.359 e. The number of fused-ring (bicyclic) bond motifs is 2. The Morgan fingerprint density at radius 3 is 2.77 bits per heavy atom. The lowest BCUT2D eigenvalue weighted by molar-refractivity contribution is -0.121. The number of aromatic nitrogens is 2. The molecule has 138 valence electrons. The molecule has 4 rings (SSSR count). The van der Waals surface area contributed by atoms with Crippen molar-refractivity contribution in [3.63, 3.8) is 0 Å². The number of piperidine rings is 1. The summed E-state index contributed by atoms with van der Waals surface area (Å²) in [5.41, 5.74) is 4.43. The van der Waals surface area contributed by atoms with E-state index < -0.39 is 0 Å². The van der Waals surface area contributed by atoms with E-state index in [0.29, 0.717) is 12.3 Å². The lowest BCUT2D eigenvalue weighted by atomic mass is 9.73. The van der Waals surface area contributed by atoms with Crippen molar-refractivity contribution in [1.82, 2.24) is 20.0 Å². The van der Waals surface area contributed by atoms with Gasteiger partial charge in [-0.2, -0.15) is 5.10 Å². The number of carbonyl (C=O) groups is 1. The Bertz CT molecular complexity index is 789. The Labute approximate surface area is 155 Å². The molecule has 1 aliphatic carbocycles. The summed E-state index contributed by atoms with van der Waals surface area (Å²) >= 11 is 0. The normalized spacial score (nSPS) is 21.7. The van der Waals surface area contributed by atoms with Crippen LogP contribution in [0.15, 0.2) is 36.7 Å². The number of hydrogen-bond donors (Lipinski definition) is 1. The maximum atomic E-state index is 12.0. The van der Waals surface area contributed by atoms with Crippen LogP contribution in [-0.2, 0) is 23.8 Å². The Kier molecular flexibility index (Phi) is 4.57. The molecule has 1 aliphatic heterocycles. The van der Waals surface area contributed by atoms with Crippen LogP contribution in [0, 0.1) is 0 Å². The molecular formula is C21H28N4O. The van der Waals surface area contributed by atoms with Crippen LogP contribution in [0.4, 0.5) is 0 Å². The lowest BCUT2D eigenvalue weighted by Crippen LogP contribution is -2.41. The zero-order valence-electron chi connectivity index (χ0n) is 15.7. The topological polar surface area (TPSA) is 50.2 Å². The molecule has 1 amide bonds. The fraction of sp³-hybridized carbons (Fsp3) is 0.524. The first kappa shape index (κ1) is 17.3. The third-order valence-electron chi connectivity index (χ3n) is 6.30. The Morgan fingerprint density at radius 2 is 2.08 bits per heavy atom. The van der Waals surface area contributed by atoms with E-state index in [1.54, 1.807) is 7.05 Å². The van der Waals surface area contributed by atoms with E-state index in [0.717, 1.165) is 26.1 Å². The van der Waals surface area contributed by atoms with E-state index in [1.165, 1.54) is 29.5 Å². The molecule has 0 bridgehead atoms. The highest BCUT2D eigenvalue weighted by Gasteiger charge is 2.45. The summed E-state index contributed by atoms with van der Waals surface area (Å²) in [6.07, 6.45) is 8.14. The van der Waals surface area contributed by atoms with Gasteiger partial charge in [0, 0.05) is 38.8 Å². The SMILES string of the molecule is CNC(=O)CC1CC2(CCN(Cc3cnn(C)c3)CC2)c2ccccc21. The number of hydrogen-bond acceptors (Lipinski definition) is 3. The van der Waals surface area contributed by atoms with Crippen LogP contribution in [0.25, 0.3) is 0 Å². The molecule has 1 fully saturated rings. The van der Waals surface area contributed by atoms with Crippen molar-refractivity contribution in [3.8, 4) is 0 Å². The molecule has 0 saturated carbocycles. The summed E-state index contributed by atoms with van der Waals surface area (Å²) < 4.78 is 1.87. The fourth-order valence-electron chi connectivity index (χ4n) is 4.96. The van der Waals surface area contributed by atoms with Crippen molar-refractivity contribution in [2.45, 2.75) is 43.6 Å². The average molecular weight is 352 g/mol. The minimum atomic E-state index is 0.149. The second kappa shape index (κ2) is 6.88. The average Bonchev–Trinajstić information content (AvgIpc) is 3.19. The highest BCUT2D eigenvalue weighted by molar-refractivity contribution is 5.77. The number of carbonyl (C=O) groups excluding carboxylic acids is 1. The van der Waals surface area contributed by atoms with Crippen LogP contribution in [0.2, 0.25) is 0 Å². The van der Waals surface area contributed by atoms with Gasteiger partial charge in [-0.1, -0.05) is 24.3 Å².